The summed E-state index contributed by atoms with van der Waals surface area (Å²) in [6.07, 6.45) is 2.27. The molecular formula is C14H21N3OS. The first-order chi connectivity index (χ1) is 8.89. The number of hydrogen-bond acceptors (Lipinski definition) is 4. The summed E-state index contributed by atoms with van der Waals surface area (Å²) in [5.74, 6) is 0.311. The molecule has 5 heteroatoms. The highest BCUT2D eigenvalue weighted by molar-refractivity contribution is 7.99. The van der Waals surface area contributed by atoms with E-state index in [0.29, 0.717) is 11.8 Å². The lowest BCUT2D eigenvalue weighted by Gasteiger charge is -2.27. The Morgan fingerprint density at radius 2 is 2.21 bits per heavy atom. The van der Waals surface area contributed by atoms with Gasteiger partial charge in [-0.3, -0.25) is 4.79 Å². The van der Waals surface area contributed by atoms with E-state index in [1.54, 1.807) is 11.8 Å². The lowest BCUT2D eigenvalue weighted by atomic mass is 10.1. The maximum Gasteiger partial charge on any atom is 0.238 e. The monoisotopic (exact) mass is 279 g/mol. The van der Waals surface area contributed by atoms with Gasteiger partial charge in [0.15, 0.2) is 0 Å². The number of nitrogens with zero attached hydrogens (tertiary/aromatic N) is 1. The summed E-state index contributed by atoms with van der Waals surface area (Å²) in [6.45, 7) is 5.91. The minimum atomic E-state index is -0.662. The first kappa shape index (κ1) is 14.3. The first-order valence-corrected chi connectivity index (χ1v) is 7.53. The normalized spacial score (nSPS) is 18.1. The molecule has 1 aromatic heterocycles. The van der Waals surface area contributed by atoms with Gasteiger partial charge in [0.05, 0.1) is 5.03 Å². The van der Waals surface area contributed by atoms with Crippen LogP contribution in [0.1, 0.15) is 31.0 Å². The van der Waals surface area contributed by atoms with Gasteiger partial charge in [0.1, 0.15) is 5.54 Å². The third-order valence-electron chi connectivity index (χ3n) is 3.23. The smallest absolute Gasteiger partial charge is 0.238 e. The topological polar surface area (TPSA) is 68.0 Å². The minimum Gasteiger partial charge on any atom is -0.368 e. The van der Waals surface area contributed by atoms with Crippen LogP contribution in [0.15, 0.2) is 17.2 Å². The van der Waals surface area contributed by atoms with E-state index < -0.39 is 5.54 Å². The average Bonchev–Trinajstić information content (AvgIpc) is 3.09. The first-order valence-electron chi connectivity index (χ1n) is 6.55. The van der Waals surface area contributed by atoms with Gasteiger partial charge in [0.2, 0.25) is 5.91 Å². The summed E-state index contributed by atoms with van der Waals surface area (Å²) in [5.41, 5.74) is 7.06. The zero-order valence-corrected chi connectivity index (χ0v) is 12.5. The van der Waals surface area contributed by atoms with Crippen molar-refractivity contribution in [2.75, 3.05) is 5.75 Å². The molecule has 4 nitrogen and oxygen atoms in total. The van der Waals surface area contributed by atoms with Gasteiger partial charge in [-0.25, -0.2) is 4.98 Å². The van der Waals surface area contributed by atoms with Crippen molar-refractivity contribution < 1.29 is 4.79 Å². The number of hydrogen-bond donors (Lipinski definition) is 2. The summed E-state index contributed by atoms with van der Waals surface area (Å²) < 4.78 is 0. The third kappa shape index (κ3) is 3.94. The number of aryl methyl sites for hydroxylation is 2. The highest BCUT2D eigenvalue weighted by Gasteiger charge is 2.37. The molecule has 2 rings (SSSR count). The molecule has 1 unspecified atom stereocenters. The number of amides is 1. The van der Waals surface area contributed by atoms with E-state index in [-0.39, 0.29) is 5.91 Å². The van der Waals surface area contributed by atoms with Gasteiger partial charge in [0, 0.05) is 17.5 Å². The van der Waals surface area contributed by atoms with Crippen LogP contribution in [-0.4, -0.2) is 28.2 Å². The number of nitrogens with two attached hydrogens (primary N) is 1. The molecule has 1 atom stereocenters. The molecular weight excluding hydrogens is 258 g/mol. The Morgan fingerprint density at radius 3 is 2.74 bits per heavy atom. The van der Waals surface area contributed by atoms with E-state index >= 15 is 0 Å². The fraction of sp³-hybridized carbons (Fsp3) is 0.571. The molecule has 0 radical (unpaired) electrons. The highest BCUT2D eigenvalue weighted by Crippen LogP contribution is 2.27. The van der Waals surface area contributed by atoms with E-state index in [1.807, 2.05) is 26.0 Å². The van der Waals surface area contributed by atoms with Gasteiger partial charge in [-0.1, -0.05) is 0 Å². The van der Waals surface area contributed by atoms with E-state index in [2.05, 4.69) is 17.2 Å². The number of aromatic nitrogens is 1. The molecule has 104 valence electrons. The molecule has 0 aromatic carbocycles. The Morgan fingerprint density at radius 1 is 1.53 bits per heavy atom. The number of carbonyl (C=O) groups is 1. The van der Waals surface area contributed by atoms with Crippen molar-refractivity contribution in [3.05, 3.63) is 23.4 Å². The van der Waals surface area contributed by atoms with Crippen LogP contribution in [0.2, 0.25) is 0 Å². The van der Waals surface area contributed by atoms with Crippen molar-refractivity contribution in [2.45, 2.75) is 50.2 Å². The van der Waals surface area contributed by atoms with Crippen molar-refractivity contribution in [1.29, 1.82) is 0 Å². The Hall–Kier alpha value is -1.07. The maximum absolute atomic E-state index is 11.7. The number of primary amides is 1. The SMILES string of the molecule is Cc1cc(C)nc(SCC(C)(NC2CC2)C(N)=O)c1. The lowest BCUT2D eigenvalue weighted by molar-refractivity contribution is -0.123. The van der Waals surface area contributed by atoms with Crippen LogP contribution in [0.25, 0.3) is 0 Å². The quantitative estimate of drug-likeness (QED) is 0.779. The maximum atomic E-state index is 11.7. The van der Waals surface area contributed by atoms with E-state index in [4.69, 9.17) is 5.73 Å². The Labute approximate surface area is 118 Å². The second kappa shape index (κ2) is 5.51. The van der Waals surface area contributed by atoms with Gasteiger partial charge in [-0.15, -0.1) is 11.8 Å². The molecule has 0 bridgehead atoms. The van der Waals surface area contributed by atoms with Gasteiger partial charge >= 0.3 is 0 Å². The van der Waals surface area contributed by atoms with Crippen LogP contribution >= 0.6 is 11.8 Å². The predicted molar refractivity (Wildman–Crippen MR) is 78.2 cm³/mol. The number of rotatable bonds is 6. The number of pyridine rings is 1. The number of thioether (sulfide) groups is 1. The molecule has 0 aliphatic heterocycles. The summed E-state index contributed by atoms with van der Waals surface area (Å²) in [6, 6.07) is 4.53. The summed E-state index contributed by atoms with van der Waals surface area (Å²) in [5, 5.41) is 4.29. The van der Waals surface area contributed by atoms with Gasteiger partial charge < -0.3 is 11.1 Å². The van der Waals surface area contributed by atoms with Gasteiger partial charge in [-0.05, 0) is 51.3 Å². The van der Waals surface area contributed by atoms with Crippen molar-refractivity contribution in [1.82, 2.24) is 10.3 Å². The molecule has 3 N–H and O–H groups in total. The molecule has 1 aromatic rings. The van der Waals surface area contributed by atoms with Gasteiger partial charge in [-0.2, -0.15) is 0 Å². The molecule has 0 saturated heterocycles. The minimum absolute atomic E-state index is 0.295. The highest BCUT2D eigenvalue weighted by atomic mass is 32.2. The van der Waals surface area contributed by atoms with Crippen molar-refractivity contribution in [2.24, 2.45) is 5.73 Å². The van der Waals surface area contributed by atoms with Crippen molar-refractivity contribution >= 4 is 17.7 Å². The van der Waals surface area contributed by atoms with Crippen LogP contribution in [0, 0.1) is 13.8 Å². The van der Waals surface area contributed by atoms with Crippen LogP contribution in [0.5, 0.6) is 0 Å². The van der Waals surface area contributed by atoms with E-state index in [1.165, 1.54) is 5.56 Å². The van der Waals surface area contributed by atoms with Crippen LogP contribution in [-0.2, 0) is 4.79 Å². The third-order valence-corrected chi connectivity index (χ3v) is 4.45. The molecule has 1 amide bonds. The zero-order chi connectivity index (χ0) is 14.0. The molecule has 0 spiro atoms. The summed E-state index contributed by atoms with van der Waals surface area (Å²) >= 11 is 1.58. The van der Waals surface area contributed by atoms with Crippen LogP contribution < -0.4 is 11.1 Å². The number of carbonyl (C=O) groups excluding carboxylic acids is 1. The van der Waals surface area contributed by atoms with Crippen LogP contribution in [0.3, 0.4) is 0 Å². The zero-order valence-electron chi connectivity index (χ0n) is 11.7. The van der Waals surface area contributed by atoms with Gasteiger partial charge in [0.25, 0.3) is 0 Å². The molecule has 19 heavy (non-hydrogen) atoms. The molecule has 1 aliphatic carbocycles. The average molecular weight is 279 g/mol. The Kier molecular flexibility index (Phi) is 4.16. The largest absolute Gasteiger partial charge is 0.368 e. The second-order valence-electron chi connectivity index (χ2n) is 5.53. The van der Waals surface area contributed by atoms with E-state index in [0.717, 1.165) is 23.6 Å². The molecule has 1 fully saturated rings. The fourth-order valence-corrected chi connectivity index (χ4v) is 3.10. The standard InChI is InChI=1S/C14H21N3OS/c1-9-6-10(2)16-12(7-9)19-8-14(3,13(15)18)17-11-4-5-11/h6-7,11,17H,4-5,8H2,1-3H3,(H2,15,18). The second-order valence-corrected chi connectivity index (χ2v) is 6.52. The fourth-order valence-electron chi connectivity index (χ4n) is 1.96. The van der Waals surface area contributed by atoms with E-state index in [9.17, 15) is 4.79 Å². The predicted octanol–water partition coefficient (Wildman–Crippen LogP) is 1.79. The van der Waals surface area contributed by atoms with Crippen molar-refractivity contribution in [3.63, 3.8) is 0 Å². The number of nitrogens with one attached hydrogen (secondary N) is 1. The summed E-state index contributed by atoms with van der Waals surface area (Å²) in [4.78, 5) is 16.1. The summed E-state index contributed by atoms with van der Waals surface area (Å²) in [7, 11) is 0. The molecule has 1 saturated carbocycles. The Bertz CT molecular complexity index is 467. The Balaban J connectivity index is 2.03. The lowest BCUT2D eigenvalue weighted by Crippen LogP contribution is -2.55. The van der Waals surface area contributed by atoms with Crippen LogP contribution in [0.4, 0.5) is 0 Å². The molecule has 1 aliphatic rings. The molecule has 1 heterocycles. The van der Waals surface area contributed by atoms with Crippen molar-refractivity contribution in [3.8, 4) is 0 Å².